The number of amides is 4. The van der Waals surface area contributed by atoms with Gasteiger partial charge in [-0.3, -0.25) is 14.5 Å². The van der Waals surface area contributed by atoms with Gasteiger partial charge < -0.3 is 10.6 Å². The molecule has 0 radical (unpaired) electrons. The molecular formula is C21H23N3O3. The number of nitrogens with zero attached hydrogens (tertiary/aromatic N) is 1. The fourth-order valence-electron chi connectivity index (χ4n) is 3.34. The fraction of sp³-hybridized carbons (Fsp3) is 0.286. The zero-order valence-corrected chi connectivity index (χ0v) is 15.7. The highest BCUT2D eigenvalue weighted by atomic mass is 16.2. The molecule has 140 valence electrons. The lowest BCUT2D eigenvalue weighted by Crippen LogP contribution is -2.44. The molecule has 0 aromatic heterocycles. The second kappa shape index (κ2) is 7.23. The van der Waals surface area contributed by atoms with Crippen molar-refractivity contribution in [2.45, 2.75) is 32.7 Å². The van der Waals surface area contributed by atoms with E-state index >= 15 is 0 Å². The second-order valence-electron chi connectivity index (χ2n) is 6.81. The van der Waals surface area contributed by atoms with E-state index in [0.29, 0.717) is 17.7 Å². The Hall–Kier alpha value is -3.15. The number of hydrogen-bond acceptors (Lipinski definition) is 3. The van der Waals surface area contributed by atoms with Gasteiger partial charge in [0.1, 0.15) is 12.1 Å². The third-order valence-electron chi connectivity index (χ3n) is 4.94. The number of urea groups is 1. The molecule has 1 aliphatic rings. The highest BCUT2D eigenvalue weighted by molar-refractivity contribution is 6.10. The van der Waals surface area contributed by atoms with Gasteiger partial charge in [0.25, 0.3) is 5.91 Å². The van der Waals surface area contributed by atoms with Crippen LogP contribution in [-0.4, -0.2) is 29.3 Å². The summed E-state index contributed by atoms with van der Waals surface area (Å²) in [6.45, 7) is 5.33. The molecule has 0 aliphatic carbocycles. The van der Waals surface area contributed by atoms with Crippen LogP contribution in [-0.2, 0) is 15.1 Å². The van der Waals surface area contributed by atoms with Crippen molar-refractivity contribution in [3.8, 4) is 0 Å². The highest BCUT2D eigenvalue weighted by Gasteiger charge is 2.51. The van der Waals surface area contributed by atoms with E-state index in [1.165, 1.54) is 0 Å². The van der Waals surface area contributed by atoms with Crippen LogP contribution in [0, 0.1) is 13.8 Å². The van der Waals surface area contributed by atoms with Crippen LogP contribution in [0.4, 0.5) is 10.5 Å². The topological polar surface area (TPSA) is 78.5 Å². The first kappa shape index (κ1) is 18.6. The van der Waals surface area contributed by atoms with Gasteiger partial charge in [-0.05, 0) is 43.0 Å². The van der Waals surface area contributed by atoms with E-state index in [-0.39, 0.29) is 6.54 Å². The van der Waals surface area contributed by atoms with E-state index in [4.69, 9.17) is 0 Å². The van der Waals surface area contributed by atoms with Crippen molar-refractivity contribution in [3.05, 3.63) is 65.2 Å². The summed E-state index contributed by atoms with van der Waals surface area (Å²) in [4.78, 5) is 39.0. The Labute approximate surface area is 158 Å². The maximum atomic E-state index is 13.0. The van der Waals surface area contributed by atoms with Crippen molar-refractivity contribution in [1.82, 2.24) is 10.2 Å². The second-order valence-corrected chi connectivity index (χ2v) is 6.81. The molecule has 1 heterocycles. The van der Waals surface area contributed by atoms with Crippen LogP contribution >= 0.6 is 0 Å². The summed E-state index contributed by atoms with van der Waals surface area (Å²) in [5.41, 5.74) is 2.19. The van der Waals surface area contributed by atoms with Crippen molar-refractivity contribution in [2.75, 3.05) is 11.9 Å². The molecule has 27 heavy (non-hydrogen) atoms. The molecule has 0 saturated carbocycles. The molecule has 3 rings (SSSR count). The molecule has 0 spiro atoms. The molecule has 6 heteroatoms. The largest absolute Gasteiger partial charge is 0.325 e. The maximum Gasteiger partial charge on any atom is 0.325 e. The van der Waals surface area contributed by atoms with Crippen LogP contribution in [0.2, 0.25) is 0 Å². The molecule has 6 nitrogen and oxygen atoms in total. The number of carbonyl (C=O) groups is 3. The first-order chi connectivity index (χ1) is 12.9. The molecule has 0 bridgehead atoms. The number of imide groups is 1. The average molecular weight is 365 g/mol. The third-order valence-corrected chi connectivity index (χ3v) is 4.94. The van der Waals surface area contributed by atoms with Crippen LogP contribution in [0.5, 0.6) is 0 Å². The lowest BCUT2D eigenvalue weighted by molar-refractivity contribution is -0.134. The average Bonchev–Trinajstić information content (AvgIpc) is 2.90. The highest BCUT2D eigenvalue weighted by Crippen LogP contribution is 2.32. The Kier molecular flexibility index (Phi) is 4.99. The van der Waals surface area contributed by atoms with Crippen molar-refractivity contribution in [2.24, 2.45) is 0 Å². The number of nitrogens with one attached hydrogen (secondary N) is 2. The number of anilines is 1. The Balaban J connectivity index is 1.79. The first-order valence-electron chi connectivity index (χ1n) is 8.94. The Bertz CT molecular complexity index is 895. The molecular weight excluding hydrogens is 342 g/mol. The van der Waals surface area contributed by atoms with Gasteiger partial charge in [0.15, 0.2) is 0 Å². The van der Waals surface area contributed by atoms with E-state index in [9.17, 15) is 14.4 Å². The Morgan fingerprint density at radius 1 is 1.11 bits per heavy atom. The van der Waals surface area contributed by atoms with Crippen molar-refractivity contribution >= 4 is 23.5 Å². The predicted octanol–water partition coefficient (Wildman–Crippen LogP) is 3.10. The van der Waals surface area contributed by atoms with Crippen molar-refractivity contribution < 1.29 is 14.4 Å². The van der Waals surface area contributed by atoms with Gasteiger partial charge >= 0.3 is 6.03 Å². The molecule has 1 saturated heterocycles. The van der Waals surface area contributed by atoms with Gasteiger partial charge in [-0.25, -0.2) is 4.79 Å². The minimum atomic E-state index is -1.13. The summed E-state index contributed by atoms with van der Waals surface area (Å²) in [5.74, 6) is -0.815. The smallest absolute Gasteiger partial charge is 0.324 e. The fourth-order valence-corrected chi connectivity index (χ4v) is 3.34. The summed E-state index contributed by atoms with van der Waals surface area (Å²) in [6.07, 6.45) is 0.399. The number of rotatable bonds is 5. The predicted molar refractivity (Wildman–Crippen MR) is 103 cm³/mol. The van der Waals surface area contributed by atoms with E-state index < -0.39 is 23.4 Å². The molecule has 1 aliphatic heterocycles. The van der Waals surface area contributed by atoms with E-state index in [0.717, 1.165) is 16.0 Å². The zero-order chi connectivity index (χ0) is 19.6. The molecule has 2 aromatic rings. The summed E-state index contributed by atoms with van der Waals surface area (Å²) < 4.78 is 0. The van der Waals surface area contributed by atoms with Crippen LogP contribution in [0.3, 0.4) is 0 Å². The molecule has 2 aromatic carbocycles. The van der Waals surface area contributed by atoms with Gasteiger partial charge in [-0.15, -0.1) is 0 Å². The monoisotopic (exact) mass is 365 g/mol. The van der Waals surface area contributed by atoms with Gasteiger partial charge in [0.2, 0.25) is 5.91 Å². The minimum Gasteiger partial charge on any atom is -0.324 e. The Morgan fingerprint density at radius 2 is 1.81 bits per heavy atom. The van der Waals surface area contributed by atoms with Crippen LogP contribution < -0.4 is 10.6 Å². The standard InChI is InChI=1S/C21H23N3O3/c1-4-21(16-8-6-5-7-9-16)19(26)24(20(27)23-21)13-18(25)22-17-12-14(2)10-11-15(17)3/h5-12H,4,13H2,1-3H3,(H,22,25)(H,23,27)/t21-/m1/s1. The van der Waals surface area contributed by atoms with Crippen LogP contribution in [0.25, 0.3) is 0 Å². The quantitative estimate of drug-likeness (QED) is 0.799. The Morgan fingerprint density at radius 3 is 2.48 bits per heavy atom. The number of aryl methyl sites for hydroxylation is 2. The van der Waals surface area contributed by atoms with Gasteiger partial charge in [-0.1, -0.05) is 49.4 Å². The lowest BCUT2D eigenvalue weighted by atomic mass is 9.87. The van der Waals surface area contributed by atoms with Gasteiger partial charge in [-0.2, -0.15) is 0 Å². The van der Waals surface area contributed by atoms with E-state index in [2.05, 4.69) is 10.6 Å². The van der Waals surface area contributed by atoms with Gasteiger partial charge in [0, 0.05) is 5.69 Å². The van der Waals surface area contributed by atoms with Crippen molar-refractivity contribution in [3.63, 3.8) is 0 Å². The van der Waals surface area contributed by atoms with Crippen molar-refractivity contribution in [1.29, 1.82) is 0 Å². The number of benzene rings is 2. The number of carbonyl (C=O) groups excluding carboxylic acids is 3. The van der Waals surface area contributed by atoms with Crippen LogP contribution in [0.15, 0.2) is 48.5 Å². The molecule has 4 amide bonds. The van der Waals surface area contributed by atoms with E-state index in [1.54, 1.807) is 12.1 Å². The summed E-state index contributed by atoms with van der Waals surface area (Å²) >= 11 is 0. The van der Waals surface area contributed by atoms with E-state index in [1.807, 2.05) is 57.2 Å². The molecule has 1 fully saturated rings. The SMILES string of the molecule is CC[C@]1(c2ccccc2)NC(=O)N(CC(=O)Nc2cc(C)ccc2C)C1=O. The first-order valence-corrected chi connectivity index (χ1v) is 8.94. The third kappa shape index (κ3) is 3.43. The molecule has 1 atom stereocenters. The normalized spacial score (nSPS) is 19.1. The molecule has 2 N–H and O–H groups in total. The zero-order valence-electron chi connectivity index (χ0n) is 15.7. The summed E-state index contributed by atoms with van der Waals surface area (Å²) in [6, 6.07) is 14.3. The molecule has 0 unspecified atom stereocenters. The number of hydrogen-bond donors (Lipinski definition) is 2. The maximum absolute atomic E-state index is 13.0. The van der Waals surface area contributed by atoms with Gasteiger partial charge in [0.05, 0.1) is 0 Å². The minimum absolute atomic E-state index is 0.327. The lowest BCUT2D eigenvalue weighted by Gasteiger charge is -2.25. The summed E-state index contributed by atoms with van der Waals surface area (Å²) in [7, 11) is 0. The summed E-state index contributed by atoms with van der Waals surface area (Å²) in [5, 5.41) is 5.57. The van der Waals surface area contributed by atoms with Crippen LogP contribution in [0.1, 0.15) is 30.0 Å².